The molecule has 5 rings (SSSR count). The monoisotopic (exact) mass is 440 g/mol. The van der Waals surface area contributed by atoms with Crippen molar-refractivity contribution in [2.75, 3.05) is 30.0 Å². The van der Waals surface area contributed by atoms with Gasteiger partial charge in [0.25, 0.3) is 11.7 Å². The van der Waals surface area contributed by atoms with Gasteiger partial charge in [0.2, 0.25) is 0 Å². The van der Waals surface area contributed by atoms with Gasteiger partial charge in [0.1, 0.15) is 18.1 Å². The fourth-order valence-corrected chi connectivity index (χ4v) is 4.50. The van der Waals surface area contributed by atoms with E-state index in [1.165, 1.54) is 4.90 Å². The van der Waals surface area contributed by atoms with E-state index in [1.807, 2.05) is 61.3 Å². The number of para-hydroxylation sites is 1. The van der Waals surface area contributed by atoms with Crippen molar-refractivity contribution in [3.05, 3.63) is 95.1 Å². The van der Waals surface area contributed by atoms with Gasteiger partial charge in [0, 0.05) is 18.3 Å². The molecule has 6 nitrogen and oxygen atoms in total. The minimum absolute atomic E-state index is 0.0776. The van der Waals surface area contributed by atoms with Gasteiger partial charge in [-0.1, -0.05) is 48.0 Å². The first-order chi connectivity index (χ1) is 16.0. The van der Waals surface area contributed by atoms with E-state index in [0.29, 0.717) is 17.9 Å². The average molecular weight is 440 g/mol. The molecule has 0 aliphatic carbocycles. The highest BCUT2D eigenvalue weighted by Crippen LogP contribution is 2.43. The van der Waals surface area contributed by atoms with Gasteiger partial charge in [-0.25, -0.2) is 0 Å². The number of likely N-dealkylation sites (N-methyl/N-ethyl adjacent to an activating group) is 1. The number of anilines is 2. The maximum atomic E-state index is 13.3. The summed E-state index contributed by atoms with van der Waals surface area (Å²) in [5.74, 6) is -0.835. The van der Waals surface area contributed by atoms with Crippen LogP contribution in [0.1, 0.15) is 22.7 Å². The van der Waals surface area contributed by atoms with Gasteiger partial charge in [-0.15, -0.1) is 0 Å². The molecule has 1 N–H and O–H groups in total. The molecule has 1 atom stereocenters. The number of benzene rings is 3. The summed E-state index contributed by atoms with van der Waals surface area (Å²) in [6, 6.07) is 21.3. The van der Waals surface area contributed by atoms with Crippen LogP contribution in [-0.2, 0) is 9.59 Å². The molecule has 3 aromatic rings. The van der Waals surface area contributed by atoms with Crippen molar-refractivity contribution in [1.29, 1.82) is 0 Å². The summed E-state index contributed by atoms with van der Waals surface area (Å²) >= 11 is 0. The number of aliphatic hydroxyl groups is 1. The summed E-state index contributed by atoms with van der Waals surface area (Å²) in [5, 5.41) is 11.4. The first-order valence-electron chi connectivity index (χ1n) is 10.9. The molecular formula is C27H24N2O4. The number of aliphatic hydroxyl groups excluding tert-OH is 1. The van der Waals surface area contributed by atoms with Crippen molar-refractivity contribution in [3.63, 3.8) is 0 Å². The Labute approximate surface area is 192 Å². The predicted octanol–water partition coefficient (Wildman–Crippen LogP) is 4.45. The number of nitrogens with zero attached hydrogens (tertiary/aromatic N) is 2. The van der Waals surface area contributed by atoms with E-state index in [-0.39, 0.29) is 11.3 Å². The lowest BCUT2D eigenvalue weighted by Crippen LogP contribution is -2.29. The largest absolute Gasteiger partial charge is 0.507 e. The smallest absolute Gasteiger partial charge is 0.300 e. The molecule has 3 aromatic carbocycles. The Bertz CT molecular complexity index is 1280. The number of ketones is 1. The maximum absolute atomic E-state index is 13.3. The topological polar surface area (TPSA) is 70.1 Å². The van der Waals surface area contributed by atoms with E-state index < -0.39 is 17.7 Å². The number of ether oxygens (including phenoxy) is 1. The van der Waals surface area contributed by atoms with Crippen LogP contribution in [0, 0.1) is 6.92 Å². The SMILES string of the molecule is Cc1cccc(C2/C(=C(/O)c3ccc4c(c3)N(C)CCO4)C(=O)C(=O)N2c2ccccc2)c1. The number of fused-ring (bicyclic) bond motifs is 1. The number of Topliss-reactive ketones (excluding diaryl/α,β-unsaturated/α-hetero) is 1. The summed E-state index contributed by atoms with van der Waals surface area (Å²) in [6.45, 7) is 3.26. The zero-order valence-corrected chi connectivity index (χ0v) is 18.5. The van der Waals surface area contributed by atoms with Crippen molar-refractivity contribution in [2.24, 2.45) is 0 Å². The lowest BCUT2D eigenvalue weighted by molar-refractivity contribution is -0.132. The van der Waals surface area contributed by atoms with E-state index >= 15 is 0 Å². The van der Waals surface area contributed by atoms with E-state index in [2.05, 4.69) is 0 Å². The summed E-state index contributed by atoms with van der Waals surface area (Å²) in [7, 11) is 1.95. The molecule has 0 radical (unpaired) electrons. The number of carbonyl (C=O) groups is 2. The van der Waals surface area contributed by atoms with E-state index in [0.717, 1.165) is 29.1 Å². The van der Waals surface area contributed by atoms with Crippen LogP contribution >= 0.6 is 0 Å². The van der Waals surface area contributed by atoms with Crippen LogP contribution in [0.4, 0.5) is 11.4 Å². The third-order valence-electron chi connectivity index (χ3n) is 6.16. The lowest BCUT2D eigenvalue weighted by atomic mass is 9.94. The Kier molecular flexibility index (Phi) is 5.13. The van der Waals surface area contributed by atoms with Gasteiger partial charge < -0.3 is 14.7 Å². The molecule has 0 saturated carbocycles. The van der Waals surface area contributed by atoms with Gasteiger partial charge in [0.05, 0.1) is 23.8 Å². The Hall–Kier alpha value is -4.06. The van der Waals surface area contributed by atoms with Crippen LogP contribution in [0.3, 0.4) is 0 Å². The van der Waals surface area contributed by atoms with Gasteiger partial charge in [0.15, 0.2) is 0 Å². The molecule has 1 fully saturated rings. The van der Waals surface area contributed by atoms with E-state index in [4.69, 9.17) is 4.74 Å². The highest BCUT2D eigenvalue weighted by Gasteiger charge is 2.47. The van der Waals surface area contributed by atoms with Crippen LogP contribution in [0.2, 0.25) is 0 Å². The Balaban J connectivity index is 1.70. The zero-order chi connectivity index (χ0) is 23.1. The third kappa shape index (κ3) is 3.53. The third-order valence-corrected chi connectivity index (χ3v) is 6.16. The molecule has 0 spiro atoms. The number of carbonyl (C=O) groups excluding carboxylic acids is 2. The minimum Gasteiger partial charge on any atom is -0.507 e. The van der Waals surface area contributed by atoms with Crippen LogP contribution in [-0.4, -0.2) is 37.0 Å². The van der Waals surface area contributed by atoms with Crippen molar-refractivity contribution in [2.45, 2.75) is 13.0 Å². The van der Waals surface area contributed by atoms with Crippen LogP contribution in [0.5, 0.6) is 5.75 Å². The normalized spacial score (nSPS) is 19.4. The molecule has 0 bridgehead atoms. The number of aryl methyl sites for hydroxylation is 1. The van der Waals surface area contributed by atoms with Crippen LogP contribution < -0.4 is 14.5 Å². The Morgan fingerprint density at radius 3 is 2.55 bits per heavy atom. The molecule has 1 unspecified atom stereocenters. The molecule has 2 aliphatic rings. The summed E-state index contributed by atoms with van der Waals surface area (Å²) in [4.78, 5) is 30.0. The number of rotatable bonds is 3. The molecule has 2 heterocycles. The van der Waals surface area contributed by atoms with Crippen molar-refractivity contribution in [3.8, 4) is 5.75 Å². The number of hydrogen-bond acceptors (Lipinski definition) is 5. The molecule has 166 valence electrons. The van der Waals surface area contributed by atoms with Gasteiger partial charge >= 0.3 is 0 Å². The van der Waals surface area contributed by atoms with Gasteiger partial charge in [-0.2, -0.15) is 0 Å². The summed E-state index contributed by atoms with van der Waals surface area (Å²) in [6.07, 6.45) is 0. The van der Waals surface area contributed by atoms with Crippen LogP contribution in [0.25, 0.3) is 5.76 Å². The quantitative estimate of drug-likeness (QED) is 0.370. The van der Waals surface area contributed by atoms with E-state index in [9.17, 15) is 14.7 Å². The number of hydrogen-bond donors (Lipinski definition) is 1. The molecule has 1 saturated heterocycles. The maximum Gasteiger partial charge on any atom is 0.300 e. The fourth-order valence-electron chi connectivity index (χ4n) is 4.50. The molecule has 1 amide bonds. The van der Waals surface area contributed by atoms with Gasteiger partial charge in [-0.3, -0.25) is 14.5 Å². The second kappa shape index (κ2) is 8.13. The summed E-state index contributed by atoms with van der Waals surface area (Å²) < 4.78 is 5.70. The molecule has 0 aromatic heterocycles. The van der Waals surface area contributed by atoms with Crippen molar-refractivity contribution < 1.29 is 19.4 Å². The molecule has 6 heteroatoms. The summed E-state index contributed by atoms with van der Waals surface area (Å²) in [5.41, 5.74) is 3.73. The number of amides is 1. The highest BCUT2D eigenvalue weighted by molar-refractivity contribution is 6.51. The molecule has 33 heavy (non-hydrogen) atoms. The van der Waals surface area contributed by atoms with Gasteiger partial charge in [-0.05, 0) is 42.8 Å². The second-order valence-electron chi connectivity index (χ2n) is 8.37. The Morgan fingerprint density at radius 2 is 1.79 bits per heavy atom. The standard InChI is InChI=1S/C27H24N2O4/c1-17-7-6-8-18(15-17)24-23(26(31)27(32)29(24)20-9-4-3-5-10-20)25(30)19-11-12-22-21(16-19)28(2)13-14-33-22/h3-12,15-16,24,30H,13-14H2,1-2H3/b25-23-. The predicted molar refractivity (Wildman–Crippen MR) is 128 cm³/mol. The Morgan fingerprint density at radius 1 is 1.00 bits per heavy atom. The zero-order valence-electron chi connectivity index (χ0n) is 18.5. The lowest BCUT2D eigenvalue weighted by Gasteiger charge is -2.28. The second-order valence-corrected chi connectivity index (χ2v) is 8.37. The first-order valence-corrected chi connectivity index (χ1v) is 10.9. The minimum atomic E-state index is -0.739. The molecule has 2 aliphatic heterocycles. The average Bonchev–Trinajstić information content (AvgIpc) is 3.10. The van der Waals surface area contributed by atoms with Crippen molar-refractivity contribution in [1.82, 2.24) is 0 Å². The first kappa shape index (κ1) is 20.8. The van der Waals surface area contributed by atoms with Crippen LogP contribution in [0.15, 0.2) is 78.4 Å². The van der Waals surface area contributed by atoms with E-state index in [1.54, 1.807) is 30.3 Å². The molecular weight excluding hydrogens is 416 g/mol. The highest BCUT2D eigenvalue weighted by atomic mass is 16.5. The fraction of sp³-hybridized carbons (Fsp3) is 0.185. The van der Waals surface area contributed by atoms with Crippen molar-refractivity contribution >= 4 is 28.8 Å².